The third-order valence-electron chi connectivity index (χ3n) is 3.63. The fourth-order valence-electron chi connectivity index (χ4n) is 2.34. The number of nitrogens with one attached hydrogen (secondary N) is 1. The van der Waals surface area contributed by atoms with E-state index >= 15 is 0 Å². The van der Waals surface area contributed by atoms with Crippen LogP contribution in [-0.4, -0.2) is 13.7 Å². The topological polar surface area (TPSA) is 30.5 Å². The van der Waals surface area contributed by atoms with Crippen molar-refractivity contribution in [2.45, 2.75) is 27.0 Å². The van der Waals surface area contributed by atoms with Crippen LogP contribution in [0.25, 0.3) is 0 Å². The predicted octanol–water partition coefficient (Wildman–Crippen LogP) is 6.09. The number of methoxy groups -OCH3 is 1. The van der Waals surface area contributed by atoms with Crippen LogP contribution in [0.3, 0.4) is 0 Å². The van der Waals surface area contributed by atoms with E-state index in [2.05, 4.69) is 35.1 Å². The molecule has 0 saturated carbocycles. The van der Waals surface area contributed by atoms with Crippen molar-refractivity contribution >= 4 is 39.1 Å². The average Bonchev–Trinajstić information content (AvgIpc) is 2.56. The van der Waals surface area contributed by atoms with Gasteiger partial charge in [-0.25, -0.2) is 0 Å². The van der Waals surface area contributed by atoms with Gasteiger partial charge in [0.25, 0.3) is 0 Å². The summed E-state index contributed by atoms with van der Waals surface area (Å²) in [5.74, 6) is 1.97. The standard InChI is InChI=1S/C19H22BrCl2NO2/c1-12(2)9-23-10-15-16(20)6-7-18(24-3)19(15)25-11-13-4-5-14(21)8-17(13)22/h4-8,12,23H,9-11H2,1-3H3. The van der Waals surface area contributed by atoms with Crippen molar-refractivity contribution in [3.63, 3.8) is 0 Å². The molecule has 2 aromatic rings. The SMILES string of the molecule is COc1ccc(Br)c(CNCC(C)C)c1OCc1ccc(Cl)cc1Cl. The molecule has 25 heavy (non-hydrogen) atoms. The molecule has 0 spiro atoms. The first-order valence-electron chi connectivity index (χ1n) is 8.05. The summed E-state index contributed by atoms with van der Waals surface area (Å²) in [6, 6.07) is 9.23. The Morgan fingerprint density at radius 3 is 2.56 bits per heavy atom. The molecule has 0 heterocycles. The van der Waals surface area contributed by atoms with Crippen LogP contribution in [0, 0.1) is 5.92 Å². The smallest absolute Gasteiger partial charge is 0.167 e. The fourth-order valence-corrected chi connectivity index (χ4v) is 3.26. The number of halogens is 3. The highest BCUT2D eigenvalue weighted by atomic mass is 79.9. The van der Waals surface area contributed by atoms with Crippen molar-refractivity contribution in [2.75, 3.05) is 13.7 Å². The molecule has 0 aromatic heterocycles. The maximum atomic E-state index is 6.24. The summed E-state index contributed by atoms with van der Waals surface area (Å²) >= 11 is 15.8. The summed E-state index contributed by atoms with van der Waals surface area (Å²) in [5, 5.41) is 4.63. The molecule has 0 unspecified atom stereocenters. The largest absolute Gasteiger partial charge is 0.493 e. The van der Waals surface area contributed by atoms with Crippen LogP contribution in [0.1, 0.15) is 25.0 Å². The van der Waals surface area contributed by atoms with Gasteiger partial charge >= 0.3 is 0 Å². The van der Waals surface area contributed by atoms with Crippen LogP contribution in [0.4, 0.5) is 0 Å². The Labute approximate surface area is 167 Å². The lowest BCUT2D eigenvalue weighted by Crippen LogP contribution is -2.20. The molecule has 0 bridgehead atoms. The van der Waals surface area contributed by atoms with E-state index in [0.717, 1.165) is 22.1 Å². The zero-order valence-corrected chi connectivity index (χ0v) is 17.6. The van der Waals surface area contributed by atoms with E-state index < -0.39 is 0 Å². The van der Waals surface area contributed by atoms with Gasteiger partial charge in [0.15, 0.2) is 11.5 Å². The molecule has 0 amide bonds. The fraction of sp³-hybridized carbons (Fsp3) is 0.368. The van der Waals surface area contributed by atoms with Crippen molar-refractivity contribution in [1.82, 2.24) is 5.32 Å². The molecule has 0 aliphatic heterocycles. The number of ether oxygens (including phenoxy) is 2. The van der Waals surface area contributed by atoms with Gasteiger partial charge in [0.1, 0.15) is 6.61 Å². The molecule has 1 N–H and O–H groups in total. The van der Waals surface area contributed by atoms with Crippen LogP contribution in [-0.2, 0) is 13.2 Å². The summed E-state index contributed by atoms with van der Waals surface area (Å²) in [6.07, 6.45) is 0. The first kappa shape index (κ1) is 20.4. The van der Waals surface area contributed by atoms with E-state index in [9.17, 15) is 0 Å². The minimum atomic E-state index is 0.333. The third kappa shape index (κ3) is 5.78. The van der Waals surface area contributed by atoms with Crippen molar-refractivity contribution in [2.24, 2.45) is 5.92 Å². The summed E-state index contributed by atoms with van der Waals surface area (Å²) in [6.45, 7) is 6.28. The number of hydrogen-bond donors (Lipinski definition) is 1. The molecule has 0 atom stereocenters. The summed E-state index contributed by atoms with van der Waals surface area (Å²) in [5.41, 5.74) is 1.89. The predicted molar refractivity (Wildman–Crippen MR) is 108 cm³/mol. The van der Waals surface area contributed by atoms with Crippen molar-refractivity contribution in [1.29, 1.82) is 0 Å². The Hall–Kier alpha value is -0.940. The maximum absolute atomic E-state index is 6.24. The van der Waals surface area contributed by atoms with Crippen molar-refractivity contribution in [3.05, 3.63) is 56.0 Å². The van der Waals surface area contributed by atoms with Gasteiger partial charge in [-0.05, 0) is 36.7 Å². The maximum Gasteiger partial charge on any atom is 0.167 e. The molecule has 0 fully saturated rings. The Bertz CT molecular complexity index is 723. The number of rotatable bonds is 8. The highest BCUT2D eigenvalue weighted by Crippen LogP contribution is 2.37. The van der Waals surface area contributed by atoms with Gasteiger partial charge in [-0.15, -0.1) is 0 Å². The summed E-state index contributed by atoms with van der Waals surface area (Å²) < 4.78 is 12.5. The van der Waals surface area contributed by atoms with E-state index in [1.807, 2.05) is 18.2 Å². The molecule has 3 nitrogen and oxygen atoms in total. The molecule has 0 aliphatic rings. The highest BCUT2D eigenvalue weighted by Gasteiger charge is 2.15. The molecule has 0 radical (unpaired) electrons. The van der Waals surface area contributed by atoms with E-state index in [1.165, 1.54) is 0 Å². The molecule has 2 aromatic carbocycles. The monoisotopic (exact) mass is 445 g/mol. The van der Waals surface area contributed by atoms with E-state index in [0.29, 0.717) is 40.6 Å². The lowest BCUT2D eigenvalue weighted by molar-refractivity contribution is 0.280. The van der Waals surface area contributed by atoms with Crippen molar-refractivity contribution in [3.8, 4) is 11.5 Å². The Balaban J connectivity index is 2.23. The van der Waals surface area contributed by atoms with E-state index in [1.54, 1.807) is 19.2 Å². The van der Waals surface area contributed by atoms with Gasteiger partial charge in [0, 0.05) is 32.2 Å². The second-order valence-corrected chi connectivity index (χ2v) is 7.80. The first-order valence-corrected chi connectivity index (χ1v) is 9.60. The van der Waals surface area contributed by atoms with Gasteiger partial charge in [-0.1, -0.05) is 59.0 Å². The molecule has 136 valence electrons. The van der Waals surface area contributed by atoms with Gasteiger partial charge in [-0.2, -0.15) is 0 Å². The van der Waals surface area contributed by atoms with Gasteiger partial charge in [-0.3, -0.25) is 0 Å². The quantitative estimate of drug-likeness (QED) is 0.532. The minimum absolute atomic E-state index is 0.333. The number of benzene rings is 2. The third-order valence-corrected chi connectivity index (χ3v) is 4.96. The van der Waals surface area contributed by atoms with Crippen LogP contribution >= 0.6 is 39.1 Å². The Morgan fingerprint density at radius 1 is 1.16 bits per heavy atom. The number of hydrogen-bond acceptors (Lipinski definition) is 3. The van der Waals surface area contributed by atoms with E-state index in [4.69, 9.17) is 32.7 Å². The molecule has 0 aliphatic carbocycles. The molecular weight excluding hydrogens is 425 g/mol. The Morgan fingerprint density at radius 2 is 1.92 bits per heavy atom. The minimum Gasteiger partial charge on any atom is -0.493 e. The molecule has 0 saturated heterocycles. The van der Waals surface area contributed by atoms with Crippen LogP contribution in [0.15, 0.2) is 34.8 Å². The average molecular weight is 447 g/mol. The highest BCUT2D eigenvalue weighted by molar-refractivity contribution is 9.10. The van der Waals surface area contributed by atoms with Crippen LogP contribution in [0.2, 0.25) is 10.0 Å². The molecule has 2 rings (SSSR count). The van der Waals surface area contributed by atoms with Crippen LogP contribution < -0.4 is 14.8 Å². The van der Waals surface area contributed by atoms with Gasteiger partial charge < -0.3 is 14.8 Å². The molecule has 6 heteroatoms. The van der Waals surface area contributed by atoms with Gasteiger partial charge in [0.05, 0.1) is 7.11 Å². The molecular formula is C19H22BrCl2NO2. The lowest BCUT2D eigenvalue weighted by atomic mass is 10.1. The second-order valence-electron chi connectivity index (χ2n) is 6.11. The van der Waals surface area contributed by atoms with Crippen molar-refractivity contribution < 1.29 is 9.47 Å². The van der Waals surface area contributed by atoms with Gasteiger partial charge in [0.2, 0.25) is 0 Å². The zero-order valence-electron chi connectivity index (χ0n) is 14.5. The van der Waals surface area contributed by atoms with E-state index in [-0.39, 0.29) is 0 Å². The summed E-state index contributed by atoms with van der Waals surface area (Å²) in [7, 11) is 1.64. The zero-order chi connectivity index (χ0) is 18.4. The second kappa shape index (κ2) is 9.67. The van der Waals surface area contributed by atoms with Crippen LogP contribution in [0.5, 0.6) is 11.5 Å². The summed E-state index contributed by atoms with van der Waals surface area (Å²) in [4.78, 5) is 0. The lowest BCUT2D eigenvalue weighted by Gasteiger charge is -2.18. The Kier molecular flexibility index (Phi) is 7.88. The first-order chi connectivity index (χ1) is 11.9. The normalized spacial score (nSPS) is 11.0.